The molecule has 0 saturated carbocycles. The van der Waals surface area contributed by atoms with Crippen molar-refractivity contribution < 1.29 is 24.5 Å². The van der Waals surface area contributed by atoms with Gasteiger partial charge in [0.15, 0.2) is 0 Å². The van der Waals surface area contributed by atoms with Crippen LogP contribution in [0.3, 0.4) is 0 Å². The molecule has 0 aromatic carbocycles. The Morgan fingerprint density at radius 3 is 0.987 bits per heavy atom. The number of amides is 1. The summed E-state index contributed by atoms with van der Waals surface area (Å²) in [6.45, 7) is 4.96. The van der Waals surface area contributed by atoms with Crippen molar-refractivity contribution in [2.45, 2.75) is 398 Å². The van der Waals surface area contributed by atoms with Crippen LogP contribution in [0.25, 0.3) is 0 Å². The monoisotopic (exact) mass is 1100 g/mol. The average Bonchev–Trinajstić information content (AvgIpc) is 3.44. The first kappa shape index (κ1) is 76.1. The zero-order valence-electron chi connectivity index (χ0n) is 52.7. The first-order valence-corrected chi connectivity index (χ1v) is 35.2. The number of carbonyl (C=O) groups excluding carboxylic acids is 2. The van der Waals surface area contributed by atoms with E-state index in [1.807, 2.05) is 0 Å². The van der Waals surface area contributed by atoms with Crippen LogP contribution in [-0.4, -0.2) is 47.4 Å². The van der Waals surface area contributed by atoms with Crippen molar-refractivity contribution in [3.05, 3.63) is 36.5 Å². The van der Waals surface area contributed by atoms with Gasteiger partial charge in [-0.3, -0.25) is 9.59 Å². The normalized spacial score (nSPS) is 12.7. The number of hydrogen-bond donors (Lipinski definition) is 3. The summed E-state index contributed by atoms with van der Waals surface area (Å²) in [5.41, 5.74) is 0. The van der Waals surface area contributed by atoms with Crippen LogP contribution in [0.2, 0.25) is 0 Å². The fourth-order valence-corrected chi connectivity index (χ4v) is 11.0. The highest BCUT2D eigenvalue weighted by molar-refractivity contribution is 5.76. The van der Waals surface area contributed by atoms with Gasteiger partial charge in [-0.05, 0) is 83.5 Å². The molecule has 1 amide bonds. The topological polar surface area (TPSA) is 95.9 Å². The first-order valence-electron chi connectivity index (χ1n) is 35.2. The second-order valence-electron chi connectivity index (χ2n) is 24.2. The summed E-state index contributed by atoms with van der Waals surface area (Å²) in [6.07, 6.45) is 86.3. The van der Waals surface area contributed by atoms with Gasteiger partial charge in [0.25, 0.3) is 0 Å². The van der Waals surface area contributed by atoms with Gasteiger partial charge < -0.3 is 20.3 Å². The Morgan fingerprint density at radius 1 is 0.359 bits per heavy atom. The Hall–Kier alpha value is -1.92. The standard InChI is InChI=1S/C72H137NO5/c1-3-5-7-9-11-13-15-16-17-35-39-42-46-50-54-58-62-66-72(77)78-67-63-59-55-51-47-43-40-37-34-32-30-28-26-24-22-20-18-19-21-23-25-27-29-31-33-36-38-41-45-49-53-57-61-65-71(76)73-69(68-74)70(75)64-60-56-52-48-44-14-12-10-8-6-4-2/h16-17,22,24,28,30,69-70,74-75H,3-15,18-21,23,25-27,29,31-68H2,1-2H3,(H,73,76)/b17-16-,24-22-,30-28-. The van der Waals surface area contributed by atoms with E-state index in [9.17, 15) is 19.8 Å². The predicted octanol–water partition coefficient (Wildman–Crippen LogP) is 22.7. The van der Waals surface area contributed by atoms with Crippen LogP contribution in [0.5, 0.6) is 0 Å². The van der Waals surface area contributed by atoms with Gasteiger partial charge in [-0.25, -0.2) is 0 Å². The van der Waals surface area contributed by atoms with E-state index in [1.165, 1.54) is 302 Å². The van der Waals surface area contributed by atoms with Gasteiger partial charge in [-0.1, -0.05) is 326 Å². The molecule has 0 heterocycles. The largest absolute Gasteiger partial charge is 0.466 e. The molecule has 2 atom stereocenters. The molecule has 6 heteroatoms. The summed E-state index contributed by atoms with van der Waals surface area (Å²) in [6, 6.07) is -0.539. The van der Waals surface area contributed by atoms with Crippen LogP contribution in [0.4, 0.5) is 0 Å². The van der Waals surface area contributed by atoms with Gasteiger partial charge in [0, 0.05) is 12.8 Å². The molecule has 0 rings (SSSR count). The molecule has 460 valence electrons. The Bertz CT molecular complexity index is 1260. The molecule has 0 fully saturated rings. The fraction of sp³-hybridized carbons (Fsp3) is 0.889. The molecule has 0 aromatic heterocycles. The number of aliphatic hydroxyl groups excluding tert-OH is 2. The van der Waals surface area contributed by atoms with Gasteiger partial charge in [-0.2, -0.15) is 0 Å². The zero-order valence-corrected chi connectivity index (χ0v) is 52.7. The summed E-state index contributed by atoms with van der Waals surface area (Å²) in [5, 5.41) is 23.2. The number of rotatable bonds is 66. The molecule has 6 nitrogen and oxygen atoms in total. The zero-order chi connectivity index (χ0) is 56.4. The highest BCUT2D eigenvalue weighted by Gasteiger charge is 2.20. The first-order chi connectivity index (χ1) is 38.5. The fourth-order valence-electron chi connectivity index (χ4n) is 11.0. The van der Waals surface area contributed by atoms with E-state index in [2.05, 4.69) is 55.6 Å². The molecule has 0 saturated heterocycles. The van der Waals surface area contributed by atoms with Crippen molar-refractivity contribution in [3.8, 4) is 0 Å². The number of ether oxygens (including phenoxy) is 1. The quantitative estimate of drug-likeness (QED) is 0.0320. The van der Waals surface area contributed by atoms with Crippen LogP contribution in [0.15, 0.2) is 36.5 Å². The third-order valence-corrected chi connectivity index (χ3v) is 16.4. The Morgan fingerprint density at radius 2 is 0.641 bits per heavy atom. The maximum atomic E-state index is 12.5. The lowest BCUT2D eigenvalue weighted by molar-refractivity contribution is -0.143. The van der Waals surface area contributed by atoms with Crippen molar-refractivity contribution in [1.82, 2.24) is 5.32 Å². The van der Waals surface area contributed by atoms with E-state index in [0.29, 0.717) is 25.9 Å². The Kier molecular flexibility index (Phi) is 65.9. The highest BCUT2D eigenvalue weighted by Crippen LogP contribution is 2.18. The number of esters is 1. The van der Waals surface area contributed by atoms with Crippen molar-refractivity contribution in [2.75, 3.05) is 13.2 Å². The van der Waals surface area contributed by atoms with E-state index in [0.717, 1.165) is 51.4 Å². The molecular weight excluding hydrogens is 959 g/mol. The van der Waals surface area contributed by atoms with Crippen molar-refractivity contribution in [3.63, 3.8) is 0 Å². The summed E-state index contributed by atoms with van der Waals surface area (Å²) in [4.78, 5) is 24.6. The third kappa shape index (κ3) is 63.3. The van der Waals surface area contributed by atoms with Crippen molar-refractivity contribution >= 4 is 11.9 Å². The predicted molar refractivity (Wildman–Crippen MR) is 343 cm³/mol. The van der Waals surface area contributed by atoms with Gasteiger partial charge in [-0.15, -0.1) is 0 Å². The number of carbonyl (C=O) groups is 2. The maximum Gasteiger partial charge on any atom is 0.305 e. The minimum Gasteiger partial charge on any atom is -0.466 e. The molecule has 2 unspecified atom stereocenters. The molecule has 0 aliphatic carbocycles. The summed E-state index contributed by atoms with van der Waals surface area (Å²) >= 11 is 0. The molecule has 0 bridgehead atoms. The SMILES string of the molecule is CCCCCCCC/C=C\CCCCCCCCCC(=O)OCCCCCCCCCCC/C=C\C/C=C\CCCCCCCCCCCCCCCCCCCC(=O)NC(CO)C(O)CCCCCCCCCCCCC. The van der Waals surface area contributed by atoms with Crippen LogP contribution in [-0.2, 0) is 14.3 Å². The van der Waals surface area contributed by atoms with Crippen LogP contribution in [0.1, 0.15) is 386 Å². The minimum absolute atomic E-state index is 0.0112. The van der Waals surface area contributed by atoms with E-state index >= 15 is 0 Å². The highest BCUT2D eigenvalue weighted by atomic mass is 16.5. The van der Waals surface area contributed by atoms with Crippen LogP contribution in [0, 0.1) is 0 Å². The number of unbranched alkanes of at least 4 members (excludes halogenated alkanes) is 49. The van der Waals surface area contributed by atoms with E-state index in [4.69, 9.17) is 4.74 Å². The molecule has 0 aliphatic rings. The number of hydrogen-bond acceptors (Lipinski definition) is 5. The van der Waals surface area contributed by atoms with Gasteiger partial charge in [0.1, 0.15) is 0 Å². The lowest BCUT2D eigenvalue weighted by Crippen LogP contribution is -2.45. The molecule has 78 heavy (non-hydrogen) atoms. The van der Waals surface area contributed by atoms with Gasteiger partial charge >= 0.3 is 5.97 Å². The number of nitrogens with one attached hydrogen (secondary N) is 1. The molecule has 0 aliphatic heterocycles. The van der Waals surface area contributed by atoms with Crippen molar-refractivity contribution in [1.29, 1.82) is 0 Å². The smallest absolute Gasteiger partial charge is 0.305 e. The molecule has 0 radical (unpaired) electrons. The summed E-state index contributed by atoms with van der Waals surface area (Å²) in [5.74, 6) is -0.0215. The van der Waals surface area contributed by atoms with Gasteiger partial charge in [0.2, 0.25) is 5.91 Å². The second-order valence-corrected chi connectivity index (χ2v) is 24.2. The third-order valence-electron chi connectivity index (χ3n) is 16.4. The molecule has 0 aromatic rings. The number of allylic oxidation sites excluding steroid dienone is 6. The van der Waals surface area contributed by atoms with E-state index in [-0.39, 0.29) is 18.5 Å². The molecule has 0 spiro atoms. The summed E-state index contributed by atoms with van der Waals surface area (Å²) in [7, 11) is 0. The maximum absolute atomic E-state index is 12.5. The number of aliphatic hydroxyl groups is 2. The second kappa shape index (κ2) is 67.6. The Labute approximate surface area is 487 Å². The van der Waals surface area contributed by atoms with E-state index in [1.54, 1.807) is 0 Å². The van der Waals surface area contributed by atoms with Crippen molar-refractivity contribution in [2.24, 2.45) is 0 Å². The van der Waals surface area contributed by atoms with E-state index < -0.39 is 12.1 Å². The molecular formula is C72H137NO5. The van der Waals surface area contributed by atoms with Crippen LogP contribution < -0.4 is 5.32 Å². The average molecular weight is 1100 g/mol. The summed E-state index contributed by atoms with van der Waals surface area (Å²) < 4.78 is 5.50. The lowest BCUT2D eigenvalue weighted by Gasteiger charge is -2.22. The van der Waals surface area contributed by atoms with Crippen LogP contribution >= 0.6 is 0 Å². The molecule has 3 N–H and O–H groups in total. The minimum atomic E-state index is -0.661. The lowest BCUT2D eigenvalue weighted by atomic mass is 10.0. The Balaban J connectivity index is 3.35. The van der Waals surface area contributed by atoms with Gasteiger partial charge in [0.05, 0.1) is 25.4 Å².